The minimum Gasteiger partial charge on any atom is -0.374 e. The van der Waals surface area contributed by atoms with Gasteiger partial charge in [-0.15, -0.1) is 0 Å². The van der Waals surface area contributed by atoms with Crippen molar-refractivity contribution in [3.8, 4) is 0 Å². The number of anilines is 1. The highest BCUT2D eigenvalue weighted by Crippen LogP contribution is 2.24. The molecule has 2 N–H and O–H groups in total. The molecule has 1 fully saturated rings. The summed E-state index contributed by atoms with van der Waals surface area (Å²) in [7, 11) is 0. The monoisotopic (exact) mass is 326 g/mol. The highest BCUT2D eigenvalue weighted by Gasteiger charge is 2.29. The lowest BCUT2D eigenvalue weighted by atomic mass is 10.0. The molecule has 0 bridgehead atoms. The summed E-state index contributed by atoms with van der Waals surface area (Å²) < 4.78 is 6.54. The second-order valence-corrected chi connectivity index (χ2v) is 5.89. The van der Waals surface area contributed by atoms with Gasteiger partial charge in [-0.25, -0.2) is 0 Å². The molecular formula is C14H19BrN2O2. The summed E-state index contributed by atoms with van der Waals surface area (Å²) in [5, 5.41) is 6.01. The summed E-state index contributed by atoms with van der Waals surface area (Å²) in [5.41, 5.74) is 0.672. The summed E-state index contributed by atoms with van der Waals surface area (Å²) in [6.45, 7) is 3.90. The van der Waals surface area contributed by atoms with E-state index in [0.29, 0.717) is 13.1 Å². The lowest BCUT2D eigenvalue weighted by Crippen LogP contribution is -2.40. The van der Waals surface area contributed by atoms with Gasteiger partial charge in [-0.3, -0.25) is 4.79 Å². The molecule has 1 saturated heterocycles. The van der Waals surface area contributed by atoms with Crippen molar-refractivity contribution in [2.75, 3.05) is 25.0 Å². The van der Waals surface area contributed by atoms with Crippen molar-refractivity contribution >= 4 is 27.5 Å². The normalized spacial score (nSPS) is 22.4. The number of nitrogens with one attached hydrogen (secondary N) is 2. The Morgan fingerprint density at radius 3 is 2.95 bits per heavy atom. The maximum Gasteiger partial charge on any atom is 0.238 e. The molecule has 1 aliphatic heterocycles. The standard InChI is InChI=1S/C14H19BrN2O2/c1-14(7-4-8-19-14)10-16-9-13(18)17-12-6-3-2-5-11(12)15/h2-3,5-6,16H,4,7-10H2,1H3,(H,17,18). The third-order valence-corrected chi connectivity index (χ3v) is 3.92. The Kier molecular flexibility index (Phi) is 4.96. The first-order valence-electron chi connectivity index (χ1n) is 6.48. The first-order chi connectivity index (χ1) is 9.09. The van der Waals surface area contributed by atoms with E-state index in [-0.39, 0.29) is 11.5 Å². The summed E-state index contributed by atoms with van der Waals surface area (Å²) in [5.74, 6) is -0.0477. The molecule has 1 aliphatic rings. The Morgan fingerprint density at radius 2 is 2.26 bits per heavy atom. The topological polar surface area (TPSA) is 50.4 Å². The van der Waals surface area contributed by atoms with Crippen LogP contribution in [-0.4, -0.2) is 31.2 Å². The van der Waals surface area contributed by atoms with Gasteiger partial charge in [0.05, 0.1) is 17.8 Å². The molecule has 1 atom stereocenters. The van der Waals surface area contributed by atoms with Crippen molar-refractivity contribution in [1.82, 2.24) is 5.32 Å². The van der Waals surface area contributed by atoms with Crippen LogP contribution < -0.4 is 10.6 Å². The number of ether oxygens (including phenoxy) is 1. The molecule has 2 rings (SSSR count). The number of carbonyl (C=O) groups excluding carboxylic acids is 1. The van der Waals surface area contributed by atoms with E-state index in [1.165, 1.54) is 0 Å². The molecule has 104 valence electrons. The van der Waals surface area contributed by atoms with E-state index in [0.717, 1.165) is 29.6 Å². The number of rotatable bonds is 5. The molecule has 1 aromatic carbocycles. The summed E-state index contributed by atoms with van der Waals surface area (Å²) in [6, 6.07) is 7.57. The highest BCUT2D eigenvalue weighted by molar-refractivity contribution is 9.10. The highest BCUT2D eigenvalue weighted by atomic mass is 79.9. The third-order valence-electron chi connectivity index (χ3n) is 3.23. The van der Waals surface area contributed by atoms with E-state index < -0.39 is 0 Å². The van der Waals surface area contributed by atoms with Gasteiger partial charge in [-0.2, -0.15) is 0 Å². The largest absolute Gasteiger partial charge is 0.374 e. The predicted octanol–water partition coefficient (Wildman–Crippen LogP) is 2.55. The summed E-state index contributed by atoms with van der Waals surface area (Å²) in [4.78, 5) is 11.8. The van der Waals surface area contributed by atoms with Crippen molar-refractivity contribution in [2.45, 2.75) is 25.4 Å². The van der Waals surface area contributed by atoms with E-state index >= 15 is 0 Å². The summed E-state index contributed by atoms with van der Waals surface area (Å²) in [6.07, 6.45) is 2.15. The van der Waals surface area contributed by atoms with Crippen LogP contribution in [0.1, 0.15) is 19.8 Å². The van der Waals surface area contributed by atoms with Gasteiger partial charge in [-0.1, -0.05) is 12.1 Å². The Labute approximate surface area is 122 Å². The van der Waals surface area contributed by atoms with Crippen LogP contribution in [0.5, 0.6) is 0 Å². The second-order valence-electron chi connectivity index (χ2n) is 5.03. The maximum atomic E-state index is 11.8. The number of benzene rings is 1. The van der Waals surface area contributed by atoms with Gasteiger partial charge in [0.1, 0.15) is 0 Å². The lowest BCUT2D eigenvalue weighted by Gasteiger charge is -2.23. The van der Waals surface area contributed by atoms with Crippen LogP contribution in [0, 0.1) is 0 Å². The Bertz CT molecular complexity index is 445. The molecule has 0 radical (unpaired) electrons. The number of amides is 1. The van der Waals surface area contributed by atoms with Gasteiger partial charge in [0.25, 0.3) is 0 Å². The lowest BCUT2D eigenvalue weighted by molar-refractivity contribution is -0.115. The van der Waals surface area contributed by atoms with Gasteiger partial charge in [0.15, 0.2) is 0 Å². The number of hydrogen-bond acceptors (Lipinski definition) is 3. The molecule has 1 unspecified atom stereocenters. The van der Waals surface area contributed by atoms with Crippen LogP contribution in [0.4, 0.5) is 5.69 Å². The van der Waals surface area contributed by atoms with Crippen molar-refractivity contribution in [1.29, 1.82) is 0 Å². The number of carbonyl (C=O) groups is 1. The van der Waals surface area contributed by atoms with E-state index in [1.807, 2.05) is 24.3 Å². The van der Waals surface area contributed by atoms with Crippen LogP contribution >= 0.6 is 15.9 Å². The van der Waals surface area contributed by atoms with Crippen LogP contribution in [0.25, 0.3) is 0 Å². The minimum absolute atomic E-state index is 0.0477. The molecule has 0 spiro atoms. The fourth-order valence-corrected chi connectivity index (χ4v) is 2.56. The smallest absolute Gasteiger partial charge is 0.238 e. The third kappa shape index (κ3) is 4.30. The maximum absolute atomic E-state index is 11.8. The Hall–Kier alpha value is -0.910. The second kappa shape index (κ2) is 6.50. The first kappa shape index (κ1) is 14.5. The van der Waals surface area contributed by atoms with Crippen LogP contribution in [0.3, 0.4) is 0 Å². The fraction of sp³-hybridized carbons (Fsp3) is 0.500. The fourth-order valence-electron chi connectivity index (χ4n) is 2.17. The van der Waals surface area contributed by atoms with Crippen molar-refractivity contribution in [3.05, 3.63) is 28.7 Å². The van der Waals surface area contributed by atoms with Gasteiger partial charge in [-0.05, 0) is 47.8 Å². The average Bonchev–Trinajstić information content (AvgIpc) is 2.79. The molecule has 0 saturated carbocycles. The quantitative estimate of drug-likeness (QED) is 0.874. The SMILES string of the molecule is CC1(CNCC(=O)Nc2ccccc2Br)CCCO1. The van der Waals surface area contributed by atoms with Gasteiger partial charge in [0.2, 0.25) is 5.91 Å². The Balaban J connectivity index is 1.74. The predicted molar refractivity (Wildman–Crippen MR) is 79.2 cm³/mol. The van der Waals surface area contributed by atoms with E-state index in [9.17, 15) is 4.79 Å². The average molecular weight is 327 g/mol. The minimum atomic E-state index is -0.117. The molecule has 4 nitrogen and oxygen atoms in total. The zero-order valence-corrected chi connectivity index (χ0v) is 12.6. The molecule has 0 aliphatic carbocycles. The summed E-state index contributed by atoms with van der Waals surface area (Å²) >= 11 is 3.40. The Morgan fingerprint density at radius 1 is 1.47 bits per heavy atom. The molecule has 1 aromatic rings. The van der Waals surface area contributed by atoms with Gasteiger partial charge >= 0.3 is 0 Å². The zero-order valence-electron chi connectivity index (χ0n) is 11.0. The molecule has 0 aromatic heterocycles. The number of halogens is 1. The van der Waals surface area contributed by atoms with E-state index in [1.54, 1.807) is 0 Å². The molecule has 1 amide bonds. The molecule has 5 heteroatoms. The van der Waals surface area contributed by atoms with Gasteiger partial charge in [0, 0.05) is 17.6 Å². The van der Waals surface area contributed by atoms with E-state index in [4.69, 9.17) is 4.74 Å². The van der Waals surface area contributed by atoms with Gasteiger partial charge < -0.3 is 15.4 Å². The molecule has 19 heavy (non-hydrogen) atoms. The molecule has 1 heterocycles. The van der Waals surface area contributed by atoms with Crippen LogP contribution in [-0.2, 0) is 9.53 Å². The zero-order chi connectivity index (χ0) is 13.7. The van der Waals surface area contributed by atoms with Crippen LogP contribution in [0.15, 0.2) is 28.7 Å². The van der Waals surface area contributed by atoms with Crippen molar-refractivity contribution in [3.63, 3.8) is 0 Å². The number of para-hydroxylation sites is 1. The van der Waals surface area contributed by atoms with Crippen molar-refractivity contribution in [2.24, 2.45) is 0 Å². The van der Waals surface area contributed by atoms with Crippen molar-refractivity contribution < 1.29 is 9.53 Å². The first-order valence-corrected chi connectivity index (χ1v) is 7.27. The number of hydrogen-bond donors (Lipinski definition) is 2. The molecular weight excluding hydrogens is 308 g/mol. The van der Waals surface area contributed by atoms with E-state index in [2.05, 4.69) is 33.5 Å². The van der Waals surface area contributed by atoms with Crippen LogP contribution in [0.2, 0.25) is 0 Å².